The van der Waals surface area contributed by atoms with E-state index in [2.05, 4.69) is 10.3 Å². The van der Waals surface area contributed by atoms with Crippen LogP contribution in [-0.4, -0.2) is 52.9 Å². The molecule has 6 nitrogen and oxygen atoms in total. The van der Waals surface area contributed by atoms with Crippen LogP contribution in [0.4, 0.5) is 4.79 Å². The third-order valence-corrected chi connectivity index (χ3v) is 4.89. The first-order valence-corrected chi connectivity index (χ1v) is 8.02. The molecule has 0 saturated carbocycles. The molecule has 0 unspecified atom stereocenters. The number of para-hydroxylation sites is 1. The number of urea groups is 1. The van der Waals surface area contributed by atoms with Gasteiger partial charge in [0.15, 0.2) is 0 Å². The Morgan fingerprint density at radius 3 is 2.95 bits per heavy atom. The van der Waals surface area contributed by atoms with Crippen molar-refractivity contribution in [3.63, 3.8) is 0 Å². The van der Waals surface area contributed by atoms with Crippen molar-refractivity contribution in [3.8, 4) is 0 Å². The lowest BCUT2D eigenvalue weighted by atomic mass is 10.2. The monoisotopic (exact) mass is 318 g/mol. The highest BCUT2D eigenvalue weighted by molar-refractivity contribution is 7.18. The van der Waals surface area contributed by atoms with Crippen LogP contribution < -0.4 is 5.32 Å². The Bertz CT molecular complexity index is 681. The summed E-state index contributed by atoms with van der Waals surface area (Å²) in [6, 6.07) is 7.32. The van der Waals surface area contributed by atoms with E-state index in [1.807, 2.05) is 43.1 Å². The SMILES string of the molecule is C[C@H](C(=O)N1CCNC1=O)N(C)Cc1nc2ccccc2s1. The van der Waals surface area contributed by atoms with Gasteiger partial charge in [-0.05, 0) is 26.1 Å². The van der Waals surface area contributed by atoms with E-state index in [1.54, 1.807) is 11.3 Å². The largest absolute Gasteiger partial charge is 0.336 e. The van der Waals surface area contributed by atoms with Gasteiger partial charge in [-0.15, -0.1) is 11.3 Å². The maximum Gasteiger partial charge on any atom is 0.324 e. The maximum absolute atomic E-state index is 12.4. The first-order valence-electron chi connectivity index (χ1n) is 7.20. The fraction of sp³-hybridized carbons (Fsp3) is 0.400. The lowest BCUT2D eigenvalue weighted by molar-refractivity contribution is -0.132. The Kier molecular flexibility index (Phi) is 4.08. The number of carbonyl (C=O) groups is 2. The number of imide groups is 1. The predicted octanol–water partition coefficient (Wildman–Crippen LogP) is 1.67. The van der Waals surface area contributed by atoms with Crippen LogP contribution in [0.5, 0.6) is 0 Å². The van der Waals surface area contributed by atoms with Crippen LogP contribution in [0.15, 0.2) is 24.3 Å². The molecule has 1 aromatic carbocycles. The van der Waals surface area contributed by atoms with Crippen molar-refractivity contribution in [2.24, 2.45) is 0 Å². The van der Waals surface area contributed by atoms with Gasteiger partial charge in [-0.1, -0.05) is 12.1 Å². The first-order chi connectivity index (χ1) is 10.6. The number of amides is 3. The number of nitrogens with one attached hydrogen (secondary N) is 1. The number of carbonyl (C=O) groups excluding carboxylic acids is 2. The molecule has 116 valence electrons. The number of nitrogens with zero attached hydrogens (tertiary/aromatic N) is 3. The van der Waals surface area contributed by atoms with Gasteiger partial charge in [0, 0.05) is 13.1 Å². The minimum absolute atomic E-state index is 0.168. The average molecular weight is 318 g/mol. The summed E-state index contributed by atoms with van der Waals surface area (Å²) in [6.07, 6.45) is 0. The molecule has 2 heterocycles. The van der Waals surface area contributed by atoms with Gasteiger partial charge in [-0.25, -0.2) is 9.78 Å². The predicted molar refractivity (Wildman–Crippen MR) is 85.7 cm³/mol. The van der Waals surface area contributed by atoms with E-state index in [-0.39, 0.29) is 18.0 Å². The van der Waals surface area contributed by atoms with Crippen LogP contribution >= 0.6 is 11.3 Å². The minimum Gasteiger partial charge on any atom is -0.336 e. The average Bonchev–Trinajstić information content (AvgIpc) is 3.10. The van der Waals surface area contributed by atoms with Crippen molar-refractivity contribution >= 4 is 33.5 Å². The zero-order valence-electron chi connectivity index (χ0n) is 12.6. The van der Waals surface area contributed by atoms with Crippen molar-refractivity contribution < 1.29 is 9.59 Å². The van der Waals surface area contributed by atoms with Gasteiger partial charge in [-0.3, -0.25) is 14.6 Å². The second kappa shape index (κ2) is 6.02. The molecule has 1 saturated heterocycles. The smallest absolute Gasteiger partial charge is 0.324 e. The summed E-state index contributed by atoms with van der Waals surface area (Å²) in [6.45, 7) is 3.37. The van der Waals surface area contributed by atoms with Gasteiger partial charge >= 0.3 is 6.03 Å². The molecular weight excluding hydrogens is 300 g/mol. The quantitative estimate of drug-likeness (QED) is 0.931. The Labute approximate surface area is 132 Å². The number of benzene rings is 1. The molecule has 2 aromatic rings. The lowest BCUT2D eigenvalue weighted by Gasteiger charge is -2.25. The fourth-order valence-electron chi connectivity index (χ4n) is 2.43. The van der Waals surface area contributed by atoms with Crippen molar-refractivity contribution in [1.82, 2.24) is 20.1 Å². The number of likely N-dealkylation sites (N-methyl/N-ethyl adjacent to an activating group) is 1. The van der Waals surface area contributed by atoms with Gasteiger partial charge < -0.3 is 5.32 Å². The van der Waals surface area contributed by atoms with Crippen LogP contribution in [0.25, 0.3) is 10.2 Å². The maximum atomic E-state index is 12.4. The lowest BCUT2D eigenvalue weighted by Crippen LogP contribution is -2.46. The normalized spacial score (nSPS) is 16.3. The molecule has 0 aliphatic carbocycles. The Balaban J connectivity index is 1.69. The molecule has 1 aliphatic rings. The highest BCUT2D eigenvalue weighted by atomic mass is 32.1. The van der Waals surface area contributed by atoms with E-state index in [0.29, 0.717) is 19.6 Å². The standard InChI is InChI=1S/C15H18N4O2S/c1-10(14(20)19-8-7-16-15(19)21)18(2)9-13-17-11-5-3-4-6-12(11)22-13/h3-6,10H,7-9H2,1-2H3,(H,16,21)/t10-/m1/s1. The second-order valence-electron chi connectivity index (χ2n) is 5.39. The van der Waals surface area contributed by atoms with Crippen molar-refractivity contribution in [1.29, 1.82) is 0 Å². The molecule has 0 radical (unpaired) electrons. The zero-order valence-corrected chi connectivity index (χ0v) is 13.4. The molecule has 1 aliphatic heterocycles. The Morgan fingerprint density at radius 2 is 2.27 bits per heavy atom. The highest BCUT2D eigenvalue weighted by Gasteiger charge is 2.31. The summed E-state index contributed by atoms with van der Waals surface area (Å²) >= 11 is 1.63. The molecule has 1 atom stereocenters. The number of thiazole rings is 1. The molecule has 1 fully saturated rings. The summed E-state index contributed by atoms with van der Waals surface area (Å²) in [4.78, 5) is 31.7. The van der Waals surface area contributed by atoms with Crippen LogP contribution in [0.1, 0.15) is 11.9 Å². The molecule has 22 heavy (non-hydrogen) atoms. The molecule has 7 heteroatoms. The third kappa shape index (κ3) is 2.82. The third-order valence-electron chi connectivity index (χ3n) is 3.86. The van der Waals surface area contributed by atoms with E-state index < -0.39 is 0 Å². The summed E-state index contributed by atoms with van der Waals surface area (Å²) < 4.78 is 1.14. The molecule has 1 N–H and O–H groups in total. The van der Waals surface area contributed by atoms with Crippen LogP contribution in [-0.2, 0) is 11.3 Å². The molecule has 0 bridgehead atoms. The first kappa shape index (κ1) is 14.9. The number of fused-ring (bicyclic) bond motifs is 1. The van der Waals surface area contributed by atoms with E-state index >= 15 is 0 Å². The molecule has 3 rings (SSSR count). The molecular formula is C15H18N4O2S. The highest BCUT2D eigenvalue weighted by Crippen LogP contribution is 2.23. The molecule has 1 aromatic heterocycles. The van der Waals surface area contributed by atoms with Gasteiger partial charge in [0.25, 0.3) is 0 Å². The van der Waals surface area contributed by atoms with Crippen molar-refractivity contribution in [2.75, 3.05) is 20.1 Å². The Hall–Kier alpha value is -1.99. The van der Waals surface area contributed by atoms with E-state index in [4.69, 9.17) is 0 Å². The van der Waals surface area contributed by atoms with E-state index in [9.17, 15) is 9.59 Å². The second-order valence-corrected chi connectivity index (χ2v) is 6.50. The minimum atomic E-state index is -0.365. The fourth-order valence-corrected chi connectivity index (χ4v) is 3.46. The number of hydrogen-bond acceptors (Lipinski definition) is 5. The molecule has 0 spiro atoms. The van der Waals surface area contributed by atoms with Gasteiger partial charge in [-0.2, -0.15) is 0 Å². The number of hydrogen-bond donors (Lipinski definition) is 1. The topological polar surface area (TPSA) is 65.5 Å². The zero-order chi connectivity index (χ0) is 15.7. The van der Waals surface area contributed by atoms with E-state index in [1.165, 1.54) is 4.90 Å². The summed E-state index contributed by atoms with van der Waals surface area (Å²) in [5.74, 6) is -0.168. The van der Waals surface area contributed by atoms with Gasteiger partial charge in [0.05, 0.1) is 22.8 Å². The summed E-state index contributed by atoms with van der Waals surface area (Å²) in [7, 11) is 1.88. The van der Waals surface area contributed by atoms with E-state index in [0.717, 1.165) is 15.2 Å². The van der Waals surface area contributed by atoms with Crippen LogP contribution in [0.3, 0.4) is 0 Å². The van der Waals surface area contributed by atoms with Crippen molar-refractivity contribution in [2.45, 2.75) is 19.5 Å². The number of rotatable bonds is 4. The van der Waals surface area contributed by atoms with Crippen LogP contribution in [0, 0.1) is 0 Å². The number of aromatic nitrogens is 1. The van der Waals surface area contributed by atoms with Gasteiger partial charge in [0.2, 0.25) is 5.91 Å². The summed E-state index contributed by atoms with van der Waals surface area (Å²) in [5, 5.41) is 3.62. The molecule has 3 amide bonds. The van der Waals surface area contributed by atoms with Gasteiger partial charge in [0.1, 0.15) is 5.01 Å². The Morgan fingerprint density at radius 1 is 1.50 bits per heavy atom. The van der Waals surface area contributed by atoms with Crippen LogP contribution in [0.2, 0.25) is 0 Å². The summed E-state index contributed by atoms with van der Waals surface area (Å²) in [5.41, 5.74) is 0.980. The van der Waals surface area contributed by atoms with Crippen molar-refractivity contribution in [3.05, 3.63) is 29.3 Å².